The van der Waals surface area contributed by atoms with E-state index in [0.717, 1.165) is 24.0 Å². The summed E-state index contributed by atoms with van der Waals surface area (Å²) in [5.74, 6) is 3.30. The molecule has 1 unspecified atom stereocenters. The Hall–Kier alpha value is -0.430. The molecule has 0 aromatic carbocycles. The van der Waals surface area contributed by atoms with Gasteiger partial charge in [-0.2, -0.15) is 0 Å². The van der Waals surface area contributed by atoms with Gasteiger partial charge >= 0.3 is 0 Å². The van der Waals surface area contributed by atoms with Gasteiger partial charge in [0.25, 0.3) is 0 Å². The molecule has 1 aromatic rings. The number of hydrogen-bond acceptors (Lipinski definition) is 1. The Balaban J connectivity index is 1.92. The zero-order valence-corrected chi connectivity index (χ0v) is 9.17. The highest BCUT2D eigenvalue weighted by Crippen LogP contribution is 2.33. The molecule has 2 heteroatoms. The van der Waals surface area contributed by atoms with Gasteiger partial charge in [-0.15, -0.1) is 11.6 Å². The van der Waals surface area contributed by atoms with Crippen LogP contribution in [0.3, 0.4) is 0 Å². The van der Waals surface area contributed by atoms with E-state index in [1.807, 2.05) is 6.07 Å². The normalized spacial score (nSPS) is 20.1. The van der Waals surface area contributed by atoms with Crippen LogP contribution < -0.4 is 0 Å². The molecule has 1 aliphatic rings. The van der Waals surface area contributed by atoms with Crippen molar-refractivity contribution in [2.24, 2.45) is 11.8 Å². The van der Waals surface area contributed by atoms with Gasteiger partial charge in [-0.1, -0.05) is 25.7 Å². The Morgan fingerprint density at radius 1 is 1.43 bits per heavy atom. The SMILES string of the molecule is ClCC(Cc1ccco1)C1CCCC1. The van der Waals surface area contributed by atoms with Crippen molar-refractivity contribution in [3.05, 3.63) is 24.2 Å². The van der Waals surface area contributed by atoms with E-state index >= 15 is 0 Å². The maximum absolute atomic E-state index is 6.02. The van der Waals surface area contributed by atoms with E-state index in [4.69, 9.17) is 16.0 Å². The summed E-state index contributed by atoms with van der Waals surface area (Å²) in [6, 6.07) is 4.00. The molecule has 0 amide bonds. The minimum absolute atomic E-state index is 0.616. The van der Waals surface area contributed by atoms with Crippen molar-refractivity contribution >= 4 is 11.6 Å². The van der Waals surface area contributed by atoms with Gasteiger partial charge in [-0.05, 0) is 24.0 Å². The maximum Gasteiger partial charge on any atom is 0.104 e. The van der Waals surface area contributed by atoms with Crippen LogP contribution in [0.4, 0.5) is 0 Å². The van der Waals surface area contributed by atoms with E-state index in [2.05, 4.69) is 6.07 Å². The van der Waals surface area contributed by atoms with Gasteiger partial charge in [0.2, 0.25) is 0 Å². The van der Waals surface area contributed by atoms with Crippen molar-refractivity contribution in [1.82, 2.24) is 0 Å². The molecular weight excluding hydrogens is 196 g/mol. The highest BCUT2D eigenvalue weighted by Gasteiger charge is 2.24. The smallest absolute Gasteiger partial charge is 0.104 e. The molecule has 1 saturated carbocycles. The van der Waals surface area contributed by atoms with Crippen LogP contribution in [-0.2, 0) is 6.42 Å². The molecule has 1 aliphatic carbocycles. The largest absolute Gasteiger partial charge is 0.469 e. The highest BCUT2D eigenvalue weighted by molar-refractivity contribution is 6.18. The summed E-state index contributed by atoms with van der Waals surface area (Å²) in [5, 5.41) is 0. The fourth-order valence-electron chi connectivity index (χ4n) is 2.46. The molecule has 0 radical (unpaired) electrons. The fourth-order valence-corrected chi connectivity index (χ4v) is 2.82. The molecule has 1 aromatic heterocycles. The van der Waals surface area contributed by atoms with Crippen molar-refractivity contribution in [1.29, 1.82) is 0 Å². The minimum Gasteiger partial charge on any atom is -0.469 e. The summed E-state index contributed by atoms with van der Waals surface area (Å²) in [6.45, 7) is 0. The number of alkyl halides is 1. The molecule has 0 bridgehead atoms. The molecule has 0 saturated heterocycles. The lowest BCUT2D eigenvalue weighted by Crippen LogP contribution is -2.16. The number of halogens is 1. The summed E-state index contributed by atoms with van der Waals surface area (Å²) in [7, 11) is 0. The van der Waals surface area contributed by atoms with Crippen LogP contribution in [0.2, 0.25) is 0 Å². The molecule has 0 N–H and O–H groups in total. The molecule has 1 heterocycles. The second kappa shape index (κ2) is 4.88. The Morgan fingerprint density at radius 2 is 2.21 bits per heavy atom. The first-order valence-electron chi connectivity index (χ1n) is 5.48. The second-order valence-electron chi connectivity index (χ2n) is 4.24. The van der Waals surface area contributed by atoms with Crippen LogP contribution in [0.1, 0.15) is 31.4 Å². The van der Waals surface area contributed by atoms with Crippen molar-refractivity contribution in [3.63, 3.8) is 0 Å². The predicted octanol–water partition coefficient (Wildman–Crippen LogP) is 3.87. The number of rotatable bonds is 4. The van der Waals surface area contributed by atoms with Gasteiger partial charge in [0.05, 0.1) is 6.26 Å². The first kappa shape index (κ1) is 10.1. The lowest BCUT2D eigenvalue weighted by molar-refractivity contribution is 0.343. The van der Waals surface area contributed by atoms with E-state index in [0.29, 0.717) is 5.92 Å². The van der Waals surface area contributed by atoms with Crippen LogP contribution in [0.25, 0.3) is 0 Å². The second-order valence-corrected chi connectivity index (χ2v) is 4.55. The van der Waals surface area contributed by atoms with E-state index in [-0.39, 0.29) is 0 Å². The van der Waals surface area contributed by atoms with Crippen LogP contribution in [0.5, 0.6) is 0 Å². The molecule has 1 nitrogen and oxygen atoms in total. The molecule has 2 rings (SSSR count). The monoisotopic (exact) mass is 212 g/mol. The molecule has 1 fully saturated rings. The predicted molar refractivity (Wildman–Crippen MR) is 58.6 cm³/mol. The molecule has 78 valence electrons. The van der Waals surface area contributed by atoms with Crippen LogP contribution in [0.15, 0.2) is 22.8 Å². The number of furan rings is 1. The summed E-state index contributed by atoms with van der Waals surface area (Å²) in [6.07, 6.45) is 8.25. The van der Waals surface area contributed by atoms with Crippen molar-refractivity contribution in [3.8, 4) is 0 Å². The summed E-state index contributed by atoms with van der Waals surface area (Å²) in [4.78, 5) is 0. The first-order valence-corrected chi connectivity index (χ1v) is 6.02. The molecule has 14 heavy (non-hydrogen) atoms. The van der Waals surface area contributed by atoms with E-state index in [1.54, 1.807) is 6.26 Å². The van der Waals surface area contributed by atoms with Gasteiger partial charge < -0.3 is 4.42 Å². The summed E-state index contributed by atoms with van der Waals surface area (Å²) >= 11 is 6.02. The molecule has 0 aliphatic heterocycles. The Kier molecular flexibility index (Phi) is 3.52. The summed E-state index contributed by atoms with van der Waals surface area (Å²) in [5.41, 5.74) is 0. The van der Waals surface area contributed by atoms with Gasteiger partial charge in [0.15, 0.2) is 0 Å². The zero-order valence-electron chi connectivity index (χ0n) is 8.42. The number of hydrogen-bond donors (Lipinski definition) is 0. The van der Waals surface area contributed by atoms with E-state index in [1.165, 1.54) is 25.7 Å². The van der Waals surface area contributed by atoms with Gasteiger partial charge in [-0.25, -0.2) is 0 Å². The standard InChI is InChI=1S/C12H17ClO/c13-9-11(10-4-1-2-5-10)8-12-6-3-7-14-12/h3,6-7,10-11H,1-2,4-5,8-9H2. The highest BCUT2D eigenvalue weighted by atomic mass is 35.5. The molecular formula is C12H17ClO. The van der Waals surface area contributed by atoms with Crippen molar-refractivity contribution in [2.75, 3.05) is 5.88 Å². The summed E-state index contributed by atoms with van der Waals surface area (Å²) < 4.78 is 5.37. The average molecular weight is 213 g/mol. The van der Waals surface area contributed by atoms with Crippen molar-refractivity contribution in [2.45, 2.75) is 32.1 Å². The van der Waals surface area contributed by atoms with Gasteiger partial charge in [0.1, 0.15) is 5.76 Å². The quantitative estimate of drug-likeness (QED) is 0.691. The Bertz CT molecular complexity index is 249. The van der Waals surface area contributed by atoms with Crippen LogP contribution >= 0.6 is 11.6 Å². The van der Waals surface area contributed by atoms with Crippen molar-refractivity contribution < 1.29 is 4.42 Å². The first-order chi connectivity index (χ1) is 6.90. The van der Waals surface area contributed by atoms with E-state index in [9.17, 15) is 0 Å². The van der Waals surface area contributed by atoms with Crippen LogP contribution in [0, 0.1) is 11.8 Å². The third-order valence-corrected chi connectivity index (χ3v) is 3.70. The third-order valence-electron chi connectivity index (χ3n) is 3.31. The van der Waals surface area contributed by atoms with Gasteiger partial charge in [-0.3, -0.25) is 0 Å². The Labute approximate surface area is 90.4 Å². The fraction of sp³-hybridized carbons (Fsp3) is 0.667. The maximum atomic E-state index is 6.02. The minimum atomic E-state index is 0.616. The molecule has 1 atom stereocenters. The third kappa shape index (κ3) is 2.33. The average Bonchev–Trinajstić information content (AvgIpc) is 2.86. The Morgan fingerprint density at radius 3 is 2.79 bits per heavy atom. The molecule has 0 spiro atoms. The van der Waals surface area contributed by atoms with Gasteiger partial charge in [0, 0.05) is 12.3 Å². The van der Waals surface area contributed by atoms with E-state index < -0.39 is 0 Å². The zero-order chi connectivity index (χ0) is 9.80. The lowest BCUT2D eigenvalue weighted by atomic mass is 9.89. The lowest BCUT2D eigenvalue weighted by Gasteiger charge is -2.19. The topological polar surface area (TPSA) is 13.1 Å². The van der Waals surface area contributed by atoms with Crippen LogP contribution in [-0.4, -0.2) is 5.88 Å².